The zero-order valence-electron chi connectivity index (χ0n) is 4.36. The molecule has 36 valence electrons. The van der Waals surface area contributed by atoms with Crippen LogP contribution < -0.4 is 5.32 Å². The van der Waals surface area contributed by atoms with Crippen LogP contribution in [0.25, 0.3) is 0 Å². The van der Waals surface area contributed by atoms with Crippen molar-refractivity contribution in [3.8, 4) is 0 Å². The molecule has 0 aliphatic heterocycles. The van der Waals surface area contributed by atoms with E-state index in [2.05, 4.69) is 17.9 Å². The van der Waals surface area contributed by atoms with Crippen molar-refractivity contribution in [2.75, 3.05) is 6.54 Å². The number of hydrogen-bond acceptors (Lipinski definition) is 1. The van der Waals surface area contributed by atoms with Crippen molar-refractivity contribution >= 4 is 10.2 Å². The second kappa shape index (κ2) is 4.76. The molecule has 0 atom stereocenters. The number of nitrogens with one attached hydrogen (secondary N) is 1. The third kappa shape index (κ3) is 3.76. The molecule has 1 N–H and O–H groups in total. The molecule has 0 saturated heterocycles. The minimum atomic E-state index is 1.04. The van der Waals surface area contributed by atoms with Gasteiger partial charge in [0.25, 0.3) is 0 Å². The van der Waals surface area contributed by atoms with Crippen molar-refractivity contribution in [2.24, 2.45) is 0 Å². The Bertz CT molecular complexity index is 42.8. The van der Waals surface area contributed by atoms with Crippen molar-refractivity contribution < 1.29 is 0 Å². The molecule has 0 heterocycles. The molecule has 0 unspecified atom stereocenters. The topological polar surface area (TPSA) is 12.0 Å². The monoisotopic (exact) mass is 101 g/mol. The zero-order valence-corrected chi connectivity index (χ0v) is 6.36. The van der Waals surface area contributed by atoms with E-state index in [1.807, 2.05) is 6.20 Å². The van der Waals surface area contributed by atoms with Crippen molar-refractivity contribution in [1.29, 1.82) is 0 Å². The molecule has 0 fully saturated rings. The molecular weight excluding hydrogens is 90.1 g/mol. The SMILES string of the molecule is CCNC=C[SiH3]. The highest BCUT2D eigenvalue weighted by Gasteiger charge is 1.58. The van der Waals surface area contributed by atoms with E-state index in [1.165, 1.54) is 0 Å². The van der Waals surface area contributed by atoms with Gasteiger partial charge in [-0.05, 0) is 13.1 Å². The summed E-state index contributed by atoms with van der Waals surface area (Å²) in [6.45, 7) is 3.13. The zero-order chi connectivity index (χ0) is 4.83. The van der Waals surface area contributed by atoms with Gasteiger partial charge in [-0.25, -0.2) is 0 Å². The van der Waals surface area contributed by atoms with Crippen LogP contribution in [0.3, 0.4) is 0 Å². The van der Waals surface area contributed by atoms with Gasteiger partial charge in [0.1, 0.15) is 0 Å². The van der Waals surface area contributed by atoms with E-state index in [0.29, 0.717) is 0 Å². The summed E-state index contributed by atoms with van der Waals surface area (Å²) in [7, 11) is 1.16. The van der Waals surface area contributed by atoms with Gasteiger partial charge in [0, 0.05) is 16.8 Å². The van der Waals surface area contributed by atoms with Crippen LogP contribution in [-0.2, 0) is 0 Å². The Morgan fingerprint density at radius 3 is 2.67 bits per heavy atom. The normalized spacial score (nSPS) is 10.2. The maximum Gasteiger partial charge on any atom is 0.0310 e. The minimum absolute atomic E-state index is 1.04. The molecule has 2 heteroatoms. The van der Waals surface area contributed by atoms with Crippen molar-refractivity contribution in [3.05, 3.63) is 11.9 Å². The Morgan fingerprint density at radius 1 is 1.83 bits per heavy atom. The summed E-state index contributed by atoms with van der Waals surface area (Å²) >= 11 is 0. The second-order valence-electron chi connectivity index (χ2n) is 1.06. The standard InChI is InChI=1S/C4H11NSi/c1-2-5-3-4-6/h3-5H,2H2,1,6H3. The molecule has 0 bridgehead atoms. The first-order valence-electron chi connectivity index (χ1n) is 2.26. The lowest BCUT2D eigenvalue weighted by atomic mass is 10.7. The average molecular weight is 101 g/mol. The van der Waals surface area contributed by atoms with Gasteiger partial charge < -0.3 is 5.32 Å². The predicted molar refractivity (Wildman–Crippen MR) is 32.8 cm³/mol. The van der Waals surface area contributed by atoms with Crippen LogP contribution in [0.1, 0.15) is 6.92 Å². The van der Waals surface area contributed by atoms with Gasteiger partial charge >= 0.3 is 0 Å². The average Bonchev–Trinajstić information content (AvgIpc) is 1.61. The summed E-state index contributed by atoms with van der Waals surface area (Å²) in [4.78, 5) is 0. The third-order valence-electron chi connectivity index (χ3n) is 0.489. The molecule has 6 heavy (non-hydrogen) atoms. The predicted octanol–water partition coefficient (Wildman–Crippen LogP) is -0.568. The molecule has 0 aromatic heterocycles. The molecule has 0 aromatic carbocycles. The Hall–Kier alpha value is -0.243. The van der Waals surface area contributed by atoms with Crippen molar-refractivity contribution in [1.82, 2.24) is 5.32 Å². The van der Waals surface area contributed by atoms with E-state index in [-0.39, 0.29) is 0 Å². The smallest absolute Gasteiger partial charge is 0.0310 e. The minimum Gasteiger partial charge on any atom is -0.392 e. The largest absolute Gasteiger partial charge is 0.392 e. The molecule has 0 radical (unpaired) electrons. The van der Waals surface area contributed by atoms with E-state index in [4.69, 9.17) is 0 Å². The third-order valence-corrected chi connectivity index (χ3v) is 0.822. The summed E-state index contributed by atoms with van der Waals surface area (Å²) in [5, 5.41) is 3.05. The summed E-state index contributed by atoms with van der Waals surface area (Å²) in [6.07, 6.45) is 1.99. The van der Waals surface area contributed by atoms with Crippen LogP contribution >= 0.6 is 0 Å². The highest BCUT2D eigenvalue weighted by molar-refractivity contribution is 6.16. The van der Waals surface area contributed by atoms with Gasteiger partial charge in [0.15, 0.2) is 0 Å². The van der Waals surface area contributed by atoms with Crippen LogP contribution in [0, 0.1) is 0 Å². The summed E-state index contributed by atoms with van der Waals surface area (Å²) in [5.41, 5.74) is 2.11. The molecule has 0 aliphatic carbocycles. The fraction of sp³-hybridized carbons (Fsp3) is 0.500. The Morgan fingerprint density at radius 2 is 2.50 bits per heavy atom. The van der Waals surface area contributed by atoms with Crippen LogP contribution in [0.4, 0.5) is 0 Å². The van der Waals surface area contributed by atoms with Crippen LogP contribution in [0.2, 0.25) is 0 Å². The molecule has 0 aromatic rings. The van der Waals surface area contributed by atoms with Crippen LogP contribution in [0.15, 0.2) is 11.9 Å². The fourth-order valence-electron chi connectivity index (χ4n) is 0.236. The lowest BCUT2D eigenvalue weighted by Gasteiger charge is -1.85. The fourth-order valence-corrected chi connectivity index (χ4v) is 0.471. The molecule has 0 amide bonds. The van der Waals surface area contributed by atoms with Gasteiger partial charge in [-0.15, -0.1) is 0 Å². The molecule has 1 nitrogen and oxygen atoms in total. The van der Waals surface area contributed by atoms with Gasteiger partial charge in [-0.1, -0.05) is 5.70 Å². The maximum absolute atomic E-state index is 3.05. The van der Waals surface area contributed by atoms with Crippen LogP contribution in [0.5, 0.6) is 0 Å². The summed E-state index contributed by atoms with van der Waals surface area (Å²) in [5.74, 6) is 0. The van der Waals surface area contributed by atoms with E-state index < -0.39 is 0 Å². The highest BCUT2D eigenvalue weighted by atomic mass is 28.1. The van der Waals surface area contributed by atoms with E-state index in [9.17, 15) is 0 Å². The van der Waals surface area contributed by atoms with Gasteiger partial charge in [0.05, 0.1) is 0 Å². The van der Waals surface area contributed by atoms with Crippen molar-refractivity contribution in [3.63, 3.8) is 0 Å². The molecule has 0 aliphatic rings. The molecule has 0 saturated carbocycles. The first-order valence-corrected chi connectivity index (χ1v) is 3.41. The van der Waals surface area contributed by atoms with E-state index in [1.54, 1.807) is 0 Å². The first-order chi connectivity index (χ1) is 2.91. The molecule has 0 spiro atoms. The van der Waals surface area contributed by atoms with E-state index >= 15 is 0 Å². The maximum atomic E-state index is 3.05. The lowest BCUT2D eigenvalue weighted by molar-refractivity contribution is 0.921. The quantitative estimate of drug-likeness (QED) is 0.459. The summed E-state index contributed by atoms with van der Waals surface area (Å²) < 4.78 is 0. The van der Waals surface area contributed by atoms with Gasteiger partial charge in [-0.2, -0.15) is 0 Å². The van der Waals surface area contributed by atoms with Gasteiger partial charge in [-0.3, -0.25) is 0 Å². The Labute approximate surface area is 41.9 Å². The summed E-state index contributed by atoms with van der Waals surface area (Å²) in [6, 6.07) is 0. The van der Waals surface area contributed by atoms with Crippen molar-refractivity contribution in [2.45, 2.75) is 6.92 Å². The molecule has 0 rings (SSSR count). The lowest BCUT2D eigenvalue weighted by Crippen LogP contribution is -2.00. The van der Waals surface area contributed by atoms with E-state index in [0.717, 1.165) is 16.8 Å². The van der Waals surface area contributed by atoms with Gasteiger partial charge in [0.2, 0.25) is 0 Å². The second-order valence-corrected chi connectivity index (χ2v) is 1.72. The number of hydrogen-bond donors (Lipinski definition) is 1. The highest BCUT2D eigenvalue weighted by Crippen LogP contribution is 1.54. The number of rotatable bonds is 2. The van der Waals surface area contributed by atoms with Crippen LogP contribution in [-0.4, -0.2) is 16.8 Å². The Balaban J connectivity index is 2.66. The molecular formula is C4H11NSi. The first kappa shape index (κ1) is 5.76. The Kier molecular flexibility index (Phi) is 4.56.